The lowest BCUT2D eigenvalue weighted by Crippen LogP contribution is -1.64. The number of aromatic nitrogens is 2. The fourth-order valence-corrected chi connectivity index (χ4v) is 0.537. The predicted octanol–water partition coefficient (Wildman–Crippen LogP) is 0.839. The van der Waals surface area contributed by atoms with E-state index in [1.54, 1.807) is 6.20 Å². The smallest absolute Gasteiger partial charge is 0.0527 e. The van der Waals surface area contributed by atoms with Gasteiger partial charge in [0.25, 0.3) is 0 Å². The number of H-pyrrole nitrogens is 1. The van der Waals surface area contributed by atoms with Crippen LogP contribution in [0, 0.1) is 0 Å². The van der Waals surface area contributed by atoms with Gasteiger partial charge in [-0.3, -0.25) is 5.10 Å². The van der Waals surface area contributed by atoms with Crippen LogP contribution in [0.15, 0.2) is 12.4 Å². The Hall–Kier alpha value is -0.440. The van der Waals surface area contributed by atoms with Gasteiger partial charge in [0.05, 0.1) is 6.20 Å². The molecule has 0 unspecified atom stereocenters. The lowest BCUT2D eigenvalue weighted by molar-refractivity contribution is 1.09. The number of thiol groups is 1. The summed E-state index contributed by atoms with van der Waals surface area (Å²) in [6.45, 7) is 0. The molecule has 2 nitrogen and oxygen atoms in total. The van der Waals surface area contributed by atoms with E-state index in [0.29, 0.717) is 0 Å². The Morgan fingerprint density at radius 3 is 3.00 bits per heavy atom. The highest BCUT2D eigenvalue weighted by Gasteiger charge is 1.83. The van der Waals surface area contributed by atoms with Gasteiger partial charge in [-0.1, -0.05) is 0 Å². The molecule has 7 heavy (non-hydrogen) atoms. The molecule has 1 aromatic heterocycles. The van der Waals surface area contributed by atoms with Crippen molar-refractivity contribution < 1.29 is 0 Å². The fourth-order valence-electron chi connectivity index (χ4n) is 0.364. The third-order valence-electron chi connectivity index (χ3n) is 0.737. The molecule has 1 rings (SSSR count). The van der Waals surface area contributed by atoms with Crippen LogP contribution in [0.2, 0.25) is 0 Å². The molecule has 0 radical (unpaired) electrons. The first-order valence-electron chi connectivity index (χ1n) is 2.02. The molecule has 38 valence electrons. The van der Waals surface area contributed by atoms with E-state index in [-0.39, 0.29) is 0 Å². The molecule has 0 fully saturated rings. The zero-order chi connectivity index (χ0) is 5.11. The lowest BCUT2D eigenvalue weighted by atomic mass is 10.4. The lowest BCUT2D eigenvalue weighted by Gasteiger charge is -1.76. The molecule has 0 aromatic carbocycles. The van der Waals surface area contributed by atoms with E-state index in [4.69, 9.17) is 0 Å². The minimum Gasteiger partial charge on any atom is -0.285 e. The maximum atomic E-state index is 4.02. The highest BCUT2D eigenvalue weighted by molar-refractivity contribution is 7.79. The number of aromatic amines is 1. The average molecular weight is 114 g/mol. The van der Waals surface area contributed by atoms with Gasteiger partial charge in [-0.2, -0.15) is 17.7 Å². The Bertz CT molecular complexity index is 124. The number of hydrogen-bond donors (Lipinski definition) is 2. The third-order valence-corrected chi connectivity index (χ3v) is 1.10. The van der Waals surface area contributed by atoms with E-state index in [0.717, 1.165) is 11.3 Å². The van der Waals surface area contributed by atoms with Crippen LogP contribution in [0.4, 0.5) is 0 Å². The van der Waals surface area contributed by atoms with E-state index in [1.807, 2.05) is 6.20 Å². The van der Waals surface area contributed by atoms with Gasteiger partial charge in [0.15, 0.2) is 0 Å². The molecule has 0 spiro atoms. The van der Waals surface area contributed by atoms with Gasteiger partial charge in [0.2, 0.25) is 0 Å². The first-order valence-corrected chi connectivity index (χ1v) is 2.65. The molecule has 0 amide bonds. The topological polar surface area (TPSA) is 28.7 Å². The van der Waals surface area contributed by atoms with Crippen LogP contribution in [0.3, 0.4) is 0 Å². The van der Waals surface area contributed by atoms with Gasteiger partial charge in [-0.05, 0) is 5.56 Å². The van der Waals surface area contributed by atoms with Crippen molar-refractivity contribution in [2.45, 2.75) is 5.75 Å². The summed E-state index contributed by atoms with van der Waals surface area (Å²) in [5.74, 6) is 0.760. The molecule has 1 aromatic rings. The minimum absolute atomic E-state index is 0.760. The Kier molecular flexibility index (Phi) is 1.36. The molecule has 0 aliphatic carbocycles. The van der Waals surface area contributed by atoms with Crippen molar-refractivity contribution in [2.24, 2.45) is 0 Å². The summed E-state index contributed by atoms with van der Waals surface area (Å²) in [5.41, 5.74) is 1.13. The van der Waals surface area contributed by atoms with Crippen LogP contribution >= 0.6 is 12.6 Å². The second-order valence-electron chi connectivity index (χ2n) is 1.26. The standard InChI is InChI=1S/C4H6N2S/c7-3-4-1-5-6-2-4/h1-2,7H,3H2,(H,5,6). The van der Waals surface area contributed by atoms with Crippen LogP contribution < -0.4 is 0 Å². The normalized spacial score (nSPS) is 9.29. The maximum Gasteiger partial charge on any atom is 0.0527 e. The summed E-state index contributed by atoms with van der Waals surface area (Å²) >= 11 is 4.02. The van der Waals surface area contributed by atoms with Crippen LogP contribution in [0.1, 0.15) is 5.56 Å². The Morgan fingerprint density at radius 1 is 1.86 bits per heavy atom. The summed E-state index contributed by atoms with van der Waals surface area (Å²) < 4.78 is 0. The first kappa shape index (κ1) is 4.71. The van der Waals surface area contributed by atoms with Crippen LogP contribution in [0.25, 0.3) is 0 Å². The van der Waals surface area contributed by atoms with Crippen molar-refractivity contribution in [3.8, 4) is 0 Å². The van der Waals surface area contributed by atoms with Crippen molar-refractivity contribution in [1.82, 2.24) is 10.2 Å². The summed E-state index contributed by atoms with van der Waals surface area (Å²) in [4.78, 5) is 0. The van der Waals surface area contributed by atoms with E-state index < -0.39 is 0 Å². The first-order chi connectivity index (χ1) is 3.43. The van der Waals surface area contributed by atoms with E-state index in [1.165, 1.54) is 0 Å². The van der Waals surface area contributed by atoms with Gasteiger partial charge in [-0.25, -0.2) is 0 Å². The van der Waals surface area contributed by atoms with E-state index in [2.05, 4.69) is 22.8 Å². The van der Waals surface area contributed by atoms with Crippen LogP contribution in [-0.4, -0.2) is 10.2 Å². The molecular weight excluding hydrogens is 108 g/mol. The Morgan fingerprint density at radius 2 is 2.71 bits per heavy atom. The SMILES string of the molecule is SCc1cn[nH]c1. The van der Waals surface area contributed by atoms with Crippen LogP contribution in [-0.2, 0) is 5.75 Å². The van der Waals surface area contributed by atoms with Crippen molar-refractivity contribution in [1.29, 1.82) is 0 Å². The number of nitrogens with zero attached hydrogens (tertiary/aromatic N) is 1. The Labute approximate surface area is 47.3 Å². The average Bonchev–Trinajstić information content (AvgIpc) is 2.14. The highest BCUT2D eigenvalue weighted by Crippen LogP contribution is 1.95. The number of rotatable bonds is 1. The van der Waals surface area contributed by atoms with Gasteiger partial charge in [-0.15, -0.1) is 0 Å². The van der Waals surface area contributed by atoms with Crippen molar-refractivity contribution >= 4 is 12.6 Å². The van der Waals surface area contributed by atoms with E-state index >= 15 is 0 Å². The summed E-state index contributed by atoms with van der Waals surface area (Å²) in [6.07, 6.45) is 3.58. The highest BCUT2D eigenvalue weighted by atomic mass is 32.1. The molecule has 0 bridgehead atoms. The van der Waals surface area contributed by atoms with Gasteiger partial charge < -0.3 is 0 Å². The van der Waals surface area contributed by atoms with Crippen molar-refractivity contribution in [3.63, 3.8) is 0 Å². The molecule has 0 atom stereocenters. The molecule has 0 aliphatic heterocycles. The quantitative estimate of drug-likeness (QED) is 0.520. The molecule has 0 saturated carbocycles. The van der Waals surface area contributed by atoms with Crippen molar-refractivity contribution in [2.75, 3.05) is 0 Å². The predicted molar refractivity (Wildman–Crippen MR) is 31.3 cm³/mol. The minimum atomic E-state index is 0.760. The zero-order valence-electron chi connectivity index (χ0n) is 3.76. The van der Waals surface area contributed by atoms with Gasteiger partial charge in [0, 0.05) is 11.9 Å². The molecule has 0 saturated heterocycles. The molecule has 1 N–H and O–H groups in total. The van der Waals surface area contributed by atoms with Gasteiger partial charge >= 0.3 is 0 Å². The maximum absolute atomic E-state index is 4.02. The van der Waals surface area contributed by atoms with Crippen molar-refractivity contribution in [3.05, 3.63) is 18.0 Å². The van der Waals surface area contributed by atoms with E-state index in [9.17, 15) is 0 Å². The molecule has 3 heteroatoms. The Balaban J connectivity index is 2.76. The number of nitrogens with one attached hydrogen (secondary N) is 1. The molecular formula is C4H6N2S. The fraction of sp³-hybridized carbons (Fsp3) is 0.250. The summed E-state index contributed by atoms with van der Waals surface area (Å²) in [5, 5.41) is 6.40. The number of hydrogen-bond acceptors (Lipinski definition) is 2. The summed E-state index contributed by atoms with van der Waals surface area (Å²) in [7, 11) is 0. The largest absolute Gasteiger partial charge is 0.285 e. The zero-order valence-corrected chi connectivity index (χ0v) is 4.65. The monoisotopic (exact) mass is 114 g/mol. The van der Waals surface area contributed by atoms with Crippen LogP contribution in [0.5, 0.6) is 0 Å². The molecule has 0 aliphatic rings. The second-order valence-corrected chi connectivity index (χ2v) is 1.58. The molecule has 1 heterocycles. The second kappa shape index (κ2) is 2.02. The third kappa shape index (κ3) is 0.962. The van der Waals surface area contributed by atoms with Gasteiger partial charge in [0.1, 0.15) is 0 Å². The summed E-state index contributed by atoms with van der Waals surface area (Å²) in [6, 6.07) is 0.